The summed E-state index contributed by atoms with van der Waals surface area (Å²) >= 11 is 0. The third kappa shape index (κ3) is 1.22. The minimum atomic E-state index is -0.682. The molecule has 1 aliphatic carbocycles. The lowest BCUT2D eigenvalue weighted by Crippen LogP contribution is -2.43. The molecular formula is C9H15NO2. The summed E-state index contributed by atoms with van der Waals surface area (Å²) in [4.78, 5) is 10.7. The highest BCUT2D eigenvalue weighted by atomic mass is 16.4. The van der Waals surface area contributed by atoms with Crippen LogP contribution in [0.25, 0.3) is 0 Å². The van der Waals surface area contributed by atoms with Gasteiger partial charge in [-0.25, -0.2) is 0 Å². The third-order valence-corrected chi connectivity index (χ3v) is 3.25. The number of hydrogen-bond donors (Lipinski definition) is 2. The van der Waals surface area contributed by atoms with E-state index in [4.69, 9.17) is 5.11 Å². The van der Waals surface area contributed by atoms with Crippen molar-refractivity contribution in [3.63, 3.8) is 0 Å². The molecule has 2 N–H and O–H groups in total. The summed E-state index contributed by atoms with van der Waals surface area (Å²) < 4.78 is 0. The van der Waals surface area contributed by atoms with Gasteiger partial charge < -0.3 is 5.11 Å². The highest BCUT2D eigenvalue weighted by Gasteiger charge is 2.42. The first-order valence-electron chi connectivity index (χ1n) is 4.72. The largest absolute Gasteiger partial charge is 0.480 e. The first-order chi connectivity index (χ1) is 5.72. The molecule has 0 bridgehead atoms. The maximum atomic E-state index is 10.7. The van der Waals surface area contributed by atoms with Gasteiger partial charge in [0.1, 0.15) is 6.04 Å². The van der Waals surface area contributed by atoms with Crippen LogP contribution in [0.1, 0.15) is 38.5 Å². The van der Waals surface area contributed by atoms with E-state index in [1.165, 1.54) is 25.7 Å². The van der Waals surface area contributed by atoms with E-state index in [1.54, 1.807) is 0 Å². The topological polar surface area (TPSA) is 49.3 Å². The van der Waals surface area contributed by atoms with Gasteiger partial charge in [0.05, 0.1) is 0 Å². The first-order valence-corrected chi connectivity index (χ1v) is 4.72. The standard InChI is InChI=1S/C9H15NO2/c11-8(12)7-3-6-9(10-7)4-1-2-5-9/h7,10H,1-6H2,(H,11,12). The molecule has 3 nitrogen and oxygen atoms in total. The van der Waals surface area contributed by atoms with Crippen molar-refractivity contribution in [3.8, 4) is 0 Å². The van der Waals surface area contributed by atoms with Crippen LogP contribution in [0.4, 0.5) is 0 Å². The molecule has 1 aliphatic heterocycles. The SMILES string of the molecule is O=C(O)C1CCC2(CCCC2)N1. The van der Waals surface area contributed by atoms with Crippen LogP contribution in [0, 0.1) is 0 Å². The molecule has 0 aromatic carbocycles. The van der Waals surface area contributed by atoms with Crippen LogP contribution in [-0.4, -0.2) is 22.7 Å². The molecule has 1 heterocycles. The van der Waals surface area contributed by atoms with Gasteiger partial charge >= 0.3 is 5.97 Å². The van der Waals surface area contributed by atoms with Crippen molar-refractivity contribution >= 4 is 5.97 Å². The monoisotopic (exact) mass is 169 g/mol. The first kappa shape index (κ1) is 8.05. The van der Waals surface area contributed by atoms with Crippen LogP contribution in [0.5, 0.6) is 0 Å². The maximum absolute atomic E-state index is 10.7. The predicted octanol–water partition coefficient (Wildman–Crippen LogP) is 1.14. The molecule has 12 heavy (non-hydrogen) atoms. The average molecular weight is 169 g/mol. The molecule has 0 radical (unpaired) electrons. The highest BCUT2D eigenvalue weighted by Crippen LogP contribution is 2.38. The average Bonchev–Trinajstić information content (AvgIpc) is 2.62. The summed E-state index contributed by atoms with van der Waals surface area (Å²) in [6.07, 6.45) is 6.76. The smallest absolute Gasteiger partial charge is 0.320 e. The molecule has 0 aromatic heterocycles. The van der Waals surface area contributed by atoms with Crippen molar-refractivity contribution in [2.45, 2.75) is 50.1 Å². The number of carboxylic acids is 1. The number of aliphatic carboxylic acids is 1. The summed E-state index contributed by atoms with van der Waals surface area (Å²) in [7, 11) is 0. The van der Waals surface area contributed by atoms with Gasteiger partial charge in [-0.2, -0.15) is 0 Å². The molecule has 1 saturated carbocycles. The zero-order chi connectivity index (χ0) is 8.60. The van der Waals surface area contributed by atoms with E-state index in [-0.39, 0.29) is 11.6 Å². The fraction of sp³-hybridized carbons (Fsp3) is 0.889. The number of nitrogens with one attached hydrogen (secondary N) is 1. The minimum absolute atomic E-state index is 0.211. The van der Waals surface area contributed by atoms with Gasteiger partial charge in [-0.15, -0.1) is 0 Å². The van der Waals surface area contributed by atoms with Gasteiger partial charge in [-0.3, -0.25) is 10.1 Å². The third-order valence-electron chi connectivity index (χ3n) is 3.25. The second-order valence-electron chi connectivity index (χ2n) is 4.06. The summed E-state index contributed by atoms with van der Waals surface area (Å²) in [5.41, 5.74) is 0.211. The molecule has 2 fully saturated rings. The zero-order valence-corrected chi connectivity index (χ0v) is 7.18. The zero-order valence-electron chi connectivity index (χ0n) is 7.18. The van der Waals surface area contributed by atoms with E-state index in [0.717, 1.165) is 12.8 Å². The Kier molecular flexibility index (Phi) is 1.83. The minimum Gasteiger partial charge on any atom is -0.480 e. The molecular weight excluding hydrogens is 154 g/mol. The van der Waals surface area contributed by atoms with Crippen molar-refractivity contribution in [2.75, 3.05) is 0 Å². The van der Waals surface area contributed by atoms with Crippen molar-refractivity contribution in [2.24, 2.45) is 0 Å². The number of rotatable bonds is 1. The lowest BCUT2D eigenvalue weighted by Gasteiger charge is -2.23. The summed E-state index contributed by atoms with van der Waals surface area (Å²) in [6, 6.07) is -0.275. The molecule has 1 unspecified atom stereocenters. The van der Waals surface area contributed by atoms with Gasteiger partial charge in [0.15, 0.2) is 0 Å². The fourth-order valence-electron chi connectivity index (χ4n) is 2.57. The Morgan fingerprint density at radius 1 is 1.33 bits per heavy atom. The van der Waals surface area contributed by atoms with Gasteiger partial charge in [0, 0.05) is 5.54 Å². The van der Waals surface area contributed by atoms with Gasteiger partial charge in [-0.05, 0) is 25.7 Å². The van der Waals surface area contributed by atoms with Gasteiger partial charge in [0.25, 0.3) is 0 Å². The second-order valence-corrected chi connectivity index (χ2v) is 4.06. The molecule has 1 atom stereocenters. The summed E-state index contributed by atoms with van der Waals surface area (Å²) in [5.74, 6) is -0.682. The van der Waals surface area contributed by atoms with Gasteiger partial charge in [0.2, 0.25) is 0 Å². The molecule has 2 aliphatic rings. The van der Waals surface area contributed by atoms with Crippen molar-refractivity contribution in [3.05, 3.63) is 0 Å². The molecule has 1 saturated heterocycles. The summed E-state index contributed by atoms with van der Waals surface area (Å²) in [5, 5.41) is 12.1. The van der Waals surface area contributed by atoms with Crippen LogP contribution in [0.2, 0.25) is 0 Å². The Morgan fingerprint density at radius 3 is 2.50 bits per heavy atom. The molecule has 3 heteroatoms. The van der Waals surface area contributed by atoms with Crippen LogP contribution < -0.4 is 5.32 Å². The normalized spacial score (nSPS) is 32.8. The van der Waals surface area contributed by atoms with Crippen LogP contribution in [0.3, 0.4) is 0 Å². The number of carbonyl (C=O) groups is 1. The quantitative estimate of drug-likeness (QED) is 0.618. The summed E-state index contributed by atoms with van der Waals surface area (Å²) in [6.45, 7) is 0. The van der Waals surface area contributed by atoms with E-state index in [9.17, 15) is 4.79 Å². The Labute approximate surface area is 72.2 Å². The lowest BCUT2D eigenvalue weighted by molar-refractivity contribution is -0.139. The van der Waals surface area contributed by atoms with Crippen molar-refractivity contribution in [1.82, 2.24) is 5.32 Å². The molecule has 68 valence electrons. The highest BCUT2D eigenvalue weighted by molar-refractivity contribution is 5.74. The Hall–Kier alpha value is -0.570. The lowest BCUT2D eigenvalue weighted by atomic mass is 9.96. The van der Waals surface area contributed by atoms with E-state index in [0.29, 0.717) is 0 Å². The number of carboxylic acid groups (broad SMARTS) is 1. The Bertz CT molecular complexity index is 197. The Morgan fingerprint density at radius 2 is 2.00 bits per heavy atom. The van der Waals surface area contributed by atoms with Crippen LogP contribution >= 0.6 is 0 Å². The van der Waals surface area contributed by atoms with Crippen LogP contribution in [-0.2, 0) is 4.79 Å². The van der Waals surface area contributed by atoms with E-state index < -0.39 is 5.97 Å². The van der Waals surface area contributed by atoms with E-state index >= 15 is 0 Å². The second kappa shape index (κ2) is 2.73. The van der Waals surface area contributed by atoms with Crippen molar-refractivity contribution < 1.29 is 9.90 Å². The molecule has 0 aromatic rings. The van der Waals surface area contributed by atoms with E-state index in [2.05, 4.69) is 5.32 Å². The predicted molar refractivity (Wildman–Crippen MR) is 45.0 cm³/mol. The maximum Gasteiger partial charge on any atom is 0.320 e. The number of hydrogen-bond acceptors (Lipinski definition) is 2. The molecule has 1 spiro atoms. The molecule has 0 amide bonds. The van der Waals surface area contributed by atoms with Crippen LogP contribution in [0.15, 0.2) is 0 Å². The van der Waals surface area contributed by atoms with Gasteiger partial charge in [-0.1, -0.05) is 12.8 Å². The Balaban J connectivity index is 2.01. The van der Waals surface area contributed by atoms with E-state index in [1.807, 2.05) is 0 Å². The fourth-order valence-corrected chi connectivity index (χ4v) is 2.57. The molecule has 2 rings (SSSR count). The van der Waals surface area contributed by atoms with Crippen molar-refractivity contribution in [1.29, 1.82) is 0 Å².